The molecule has 1 fully saturated rings. The number of likely N-dealkylation sites (tertiary alicyclic amines) is 1. The fraction of sp³-hybridized carbons (Fsp3) is 0.304. The van der Waals surface area contributed by atoms with Crippen molar-refractivity contribution in [2.24, 2.45) is 5.92 Å². The number of ether oxygens (including phenoxy) is 3. The minimum absolute atomic E-state index is 0.0222. The van der Waals surface area contributed by atoms with Crippen molar-refractivity contribution >= 4 is 22.0 Å². The van der Waals surface area contributed by atoms with Crippen LogP contribution in [0.25, 0.3) is 11.1 Å². The number of carbonyl (C=O) groups excluding carboxylic acids is 2. The lowest BCUT2D eigenvalue weighted by atomic mass is 9.69. The van der Waals surface area contributed by atoms with E-state index in [1.165, 1.54) is 17.0 Å². The van der Waals surface area contributed by atoms with Crippen LogP contribution in [0.5, 0.6) is 11.5 Å². The van der Waals surface area contributed by atoms with Crippen LogP contribution in [0.1, 0.15) is 53.9 Å². The molecule has 0 saturated carbocycles. The van der Waals surface area contributed by atoms with Gasteiger partial charge in [0.2, 0.25) is 15.9 Å². The average molecular weight is 804 g/mol. The summed E-state index contributed by atoms with van der Waals surface area (Å²) in [6, 6.07) is 35.5. The Kier molecular flexibility index (Phi) is 11.3. The Morgan fingerprint density at radius 1 is 0.810 bits per heavy atom. The first-order valence-corrected chi connectivity index (χ1v) is 21.2. The summed E-state index contributed by atoms with van der Waals surface area (Å²) < 4.78 is 61.3. The number of methoxy groups -OCH3 is 1. The van der Waals surface area contributed by atoms with Crippen molar-refractivity contribution in [3.8, 4) is 22.6 Å². The lowest BCUT2D eigenvalue weighted by Crippen LogP contribution is -2.56. The topological polar surface area (TPSA) is 123 Å². The molecule has 58 heavy (non-hydrogen) atoms. The maximum absolute atomic E-state index is 14.5. The summed E-state index contributed by atoms with van der Waals surface area (Å²) in [4.78, 5) is 29.7. The number of carbonyl (C=O) groups is 2. The van der Waals surface area contributed by atoms with Gasteiger partial charge in [-0.15, -0.1) is 0 Å². The lowest BCUT2D eigenvalue weighted by Gasteiger charge is -2.41. The quantitative estimate of drug-likeness (QED) is 0.117. The zero-order valence-corrected chi connectivity index (χ0v) is 33.1. The largest absolute Gasteiger partial charge is 0.457 e. The number of nitrogens with zero attached hydrogens (tertiary/aromatic N) is 1. The summed E-state index contributed by atoms with van der Waals surface area (Å²) in [5, 5.41) is 3.24. The van der Waals surface area contributed by atoms with Crippen molar-refractivity contribution in [3.63, 3.8) is 0 Å². The Hall–Kier alpha value is -5.56. The molecule has 10 nitrogen and oxygen atoms in total. The third-order valence-corrected chi connectivity index (χ3v) is 13.2. The van der Waals surface area contributed by atoms with E-state index in [-0.39, 0.29) is 49.4 Å². The van der Waals surface area contributed by atoms with Gasteiger partial charge in [0.15, 0.2) is 0 Å². The van der Waals surface area contributed by atoms with Gasteiger partial charge in [0.1, 0.15) is 23.9 Å². The smallest absolute Gasteiger partial charge is 0.409 e. The molecule has 0 radical (unpaired) electrons. The number of sulfonamides is 1. The van der Waals surface area contributed by atoms with Crippen LogP contribution < -0.4 is 14.8 Å². The Morgan fingerprint density at radius 2 is 1.41 bits per heavy atom. The van der Waals surface area contributed by atoms with Crippen LogP contribution in [0.15, 0.2) is 126 Å². The molecule has 2 aliphatic heterocycles. The molecule has 5 aromatic rings. The van der Waals surface area contributed by atoms with Crippen molar-refractivity contribution in [1.82, 2.24) is 14.9 Å². The van der Waals surface area contributed by atoms with Crippen molar-refractivity contribution in [2.45, 2.75) is 48.0 Å². The van der Waals surface area contributed by atoms with E-state index in [0.717, 1.165) is 69.9 Å². The molecule has 0 spiro atoms. The van der Waals surface area contributed by atoms with E-state index >= 15 is 0 Å². The second-order valence-electron chi connectivity index (χ2n) is 15.3. The predicted molar refractivity (Wildman–Crippen MR) is 218 cm³/mol. The van der Waals surface area contributed by atoms with E-state index in [2.05, 4.69) is 22.2 Å². The van der Waals surface area contributed by atoms with E-state index in [4.69, 9.17) is 14.2 Å². The zero-order valence-electron chi connectivity index (χ0n) is 32.2. The Morgan fingerprint density at radius 3 is 2.05 bits per heavy atom. The Balaban J connectivity index is 1.05. The highest BCUT2D eigenvalue weighted by Crippen LogP contribution is 2.50. The summed E-state index contributed by atoms with van der Waals surface area (Å²) in [5.74, 6) is -0.418. The van der Waals surface area contributed by atoms with E-state index in [9.17, 15) is 22.4 Å². The molecule has 1 saturated heterocycles. The molecule has 0 bridgehead atoms. The molecule has 3 aliphatic rings. The van der Waals surface area contributed by atoms with Gasteiger partial charge in [0.25, 0.3) is 0 Å². The second-order valence-corrected chi connectivity index (χ2v) is 17.0. The van der Waals surface area contributed by atoms with Gasteiger partial charge in [0, 0.05) is 61.9 Å². The molecule has 2 amide bonds. The van der Waals surface area contributed by atoms with Gasteiger partial charge < -0.3 is 24.4 Å². The number of benzene rings is 5. The first-order valence-electron chi connectivity index (χ1n) is 19.7. The van der Waals surface area contributed by atoms with Gasteiger partial charge in [-0.05, 0) is 84.3 Å². The SMILES string of the molecule is COCCCCC1(CNC(=O)C2CC(NS(=O)(=O)c3ccc(F)cc3)CN(C(=O)OCC3c4ccccc4-c4ccccc43)C2)c2ccccc2Oc2ccccc21. The standard InChI is InChI=1S/C46H46FN3O7S/c1-55-25-11-10-24-46(40-16-6-8-18-42(40)57-43-19-9-7-17-41(43)46)30-48-44(51)31-26-33(49-58(53,54)34-22-20-32(47)21-23-34)28-50(27-31)45(52)56-29-39-37-14-4-2-12-35(37)36-13-3-5-15-38(36)39/h2-9,12-23,31,33,39,49H,10-11,24-30H2,1H3,(H,48,51). The molecular weight excluding hydrogens is 758 g/mol. The molecule has 1 aliphatic carbocycles. The maximum atomic E-state index is 14.5. The summed E-state index contributed by atoms with van der Waals surface area (Å²) in [7, 11) is -2.46. The number of piperidine rings is 1. The molecular formula is C46H46FN3O7S. The highest BCUT2D eigenvalue weighted by Gasteiger charge is 2.43. The molecule has 300 valence electrons. The summed E-state index contributed by atoms with van der Waals surface area (Å²) >= 11 is 0. The number of amides is 2. The summed E-state index contributed by atoms with van der Waals surface area (Å²) in [5.41, 5.74) is 5.58. The molecule has 2 heterocycles. The summed E-state index contributed by atoms with van der Waals surface area (Å²) in [6.07, 6.45) is 1.82. The first-order chi connectivity index (χ1) is 28.2. The molecule has 2 atom stereocenters. The third-order valence-electron chi connectivity index (χ3n) is 11.7. The second kappa shape index (κ2) is 16.7. The van der Waals surface area contributed by atoms with Crippen LogP contribution in [0, 0.1) is 11.7 Å². The molecule has 2 N–H and O–H groups in total. The number of para-hydroxylation sites is 2. The van der Waals surface area contributed by atoms with Crippen LogP contribution in [0.4, 0.5) is 9.18 Å². The number of unbranched alkanes of at least 4 members (excludes halogenated alkanes) is 1. The summed E-state index contributed by atoms with van der Waals surface area (Å²) in [6.45, 7) is 0.907. The minimum Gasteiger partial charge on any atom is -0.457 e. The van der Waals surface area contributed by atoms with E-state index in [1.807, 2.05) is 84.9 Å². The monoisotopic (exact) mass is 803 g/mol. The van der Waals surface area contributed by atoms with Crippen molar-refractivity contribution in [2.75, 3.05) is 40.0 Å². The third kappa shape index (κ3) is 7.84. The zero-order chi connectivity index (χ0) is 40.3. The Bertz CT molecular complexity index is 2320. The van der Waals surface area contributed by atoms with Crippen LogP contribution in [0.3, 0.4) is 0 Å². The highest BCUT2D eigenvalue weighted by molar-refractivity contribution is 7.89. The van der Waals surface area contributed by atoms with Gasteiger partial charge >= 0.3 is 6.09 Å². The number of nitrogens with one attached hydrogen (secondary N) is 2. The molecule has 12 heteroatoms. The highest BCUT2D eigenvalue weighted by atomic mass is 32.2. The number of hydrogen-bond donors (Lipinski definition) is 2. The van der Waals surface area contributed by atoms with Gasteiger partial charge in [-0.25, -0.2) is 22.3 Å². The molecule has 0 aromatic heterocycles. The van der Waals surface area contributed by atoms with Gasteiger partial charge in [-0.2, -0.15) is 0 Å². The van der Waals surface area contributed by atoms with E-state index < -0.39 is 39.3 Å². The first kappa shape index (κ1) is 39.3. The number of hydrogen-bond acceptors (Lipinski definition) is 7. The normalized spacial score (nSPS) is 17.9. The number of fused-ring (bicyclic) bond motifs is 5. The van der Waals surface area contributed by atoms with Gasteiger partial charge in [-0.1, -0.05) is 84.9 Å². The van der Waals surface area contributed by atoms with Crippen LogP contribution in [-0.2, 0) is 29.7 Å². The van der Waals surface area contributed by atoms with Crippen LogP contribution in [0.2, 0.25) is 0 Å². The van der Waals surface area contributed by atoms with Gasteiger partial charge in [0.05, 0.1) is 10.8 Å². The van der Waals surface area contributed by atoms with Crippen molar-refractivity contribution < 1.29 is 36.6 Å². The predicted octanol–water partition coefficient (Wildman–Crippen LogP) is 7.77. The fourth-order valence-electron chi connectivity index (χ4n) is 8.88. The van der Waals surface area contributed by atoms with E-state index in [0.29, 0.717) is 13.0 Å². The maximum Gasteiger partial charge on any atom is 0.409 e. The number of rotatable bonds is 13. The fourth-order valence-corrected chi connectivity index (χ4v) is 10.1. The van der Waals surface area contributed by atoms with Crippen LogP contribution in [-0.4, -0.2) is 71.3 Å². The van der Waals surface area contributed by atoms with E-state index in [1.54, 1.807) is 7.11 Å². The van der Waals surface area contributed by atoms with Gasteiger partial charge in [-0.3, -0.25) is 4.79 Å². The minimum atomic E-state index is -4.14. The Labute approximate surface area is 338 Å². The van der Waals surface area contributed by atoms with Crippen molar-refractivity contribution in [3.05, 3.63) is 149 Å². The van der Waals surface area contributed by atoms with Crippen LogP contribution >= 0.6 is 0 Å². The number of halogens is 1. The molecule has 5 aromatic carbocycles. The molecule has 2 unspecified atom stereocenters. The average Bonchev–Trinajstić information content (AvgIpc) is 3.56. The molecule has 8 rings (SSSR count). The lowest BCUT2D eigenvalue weighted by molar-refractivity contribution is -0.127. The van der Waals surface area contributed by atoms with Crippen molar-refractivity contribution in [1.29, 1.82) is 0 Å².